The Hall–Kier alpha value is -1.13. The second kappa shape index (κ2) is 5.24. The molecule has 1 N–H and O–H groups in total. The summed E-state index contributed by atoms with van der Waals surface area (Å²) < 4.78 is 0. The average Bonchev–Trinajstić information content (AvgIpc) is 2.76. The van der Waals surface area contributed by atoms with Crippen molar-refractivity contribution in [1.29, 1.82) is 0 Å². The van der Waals surface area contributed by atoms with Gasteiger partial charge in [-0.05, 0) is 11.6 Å². The van der Waals surface area contributed by atoms with Crippen LogP contribution in [-0.4, -0.2) is 10.2 Å². The van der Waals surface area contributed by atoms with E-state index in [1.807, 2.05) is 24.3 Å². The molecule has 0 amide bonds. The highest BCUT2D eigenvalue weighted by molar-refractivity contribution is 7.15. The Balaban J connectivity index is 2.03. The molecule has 0 bridgehead atoms. The van der Waals surface area contributed by atoms with Gasteiger partial charge < -0.3 is 5.32 Å². The Bertz CT molecular complexity index is 531. The lowest BCUT2D eigenvalue weighted by atomic mass is 9.98. The summed E-state index contributed by atoms with van der Waals surface area (Å²) in [5, 5.41) is 14.2. The molecule has 0 aliphatic heterocycles. The van der Waals surface area contributed by atoms with Crippen molar-refractivity contribution in [3.8, 4) is 0 Å². The number of benzene rings is 1. The van der Waals surface area contributed by atoms with Gasteiger partial charge in [0.1, 0.15) is 5.01 Å². The number of nitrogens with zero attached hydrogens (tertiary/aromatic N) is 2. The average molecular weight is 282 g/mol. The fourth-order valence-electron chi connectivity index (χ4n) is 1.41. The summed E-state index contributed by atoms with van der Waals surface area (Å²) in [6, 6.07) is 7.79. The van der Waals surface area contributed by atoms with Crippen LogP contribution in [0.5, 0.6) is 0 Å². The highest BCUT2D eigenvalue weighted by Gasteiger charge is 2.19. The first-order chi connectivity index (χ1) is 8.47. The smallest absolute Gasteiger partial charge is 0.205 e. The van der Waals surface area contributed by atoms with Crippen LogP contribution in [0.25, 0.3) is 0 Å². The Morgan fingerprint density at radius 1 is 1.22 bits per heavy atom. The number of anilines is 1. The summed E-state index contributed by atoms with van der Waals surface area (Å²) in [5.74, 6) is 0. The zero-order valence-corrected chi connectivity index (χ0v) is 12.3. The van der Waals surface area contributed by atoms with E-state index >= 15 is 0 Å². The maximum Gasteiger partial charge on any atom is 0.205 e. The van der Waals surface area contributed by atoms with E-state index in [1.54, 1.807) is 11.3 Å². The van der Waals surface area contributed by atoms with E-state index in [1.165, 1.54) is 0 Å². The maximum absolute atomic E-state index is 6.10. The fraction of sp³-hybridized carbons (Fsp3) is 0.385. The highest BCUT2D eigenvalue weighted by Crippen LogP contribution is 2.28. The molecule has 0 atom stereocenters. The van der Waals surface area contributed by atoms with E-state index in [9.17, 15) is 0 Å². The van der Waals surface area contributed by atoms with Crippen LogP contribution >= 0.6 is 22.9 Å². The van der Waals surface area contributed by atoms with Gasteiger partial charge in [0.05, 0.1) is 0 Å². The predicted molar refractivity (Wildman–Crippen MR) is 77.4 cm³/mol. The van der Waals surface area contributed by atoms with E-state index in [-0.39, 0.29) is 5.41 Å². The van der Waals surface area contributed by atoms with Crippen LogP contribution in [0.1, 0.15) is 31.3 Å². The molecular weight excluding hydrogens is 266 g/mol. The number of halogens is 1. The molecule has 0 aliphatic rings. The van der Waals surface area contributed by atoms with Crippen LogP contribution < -0.4 is 5.32 Å². The third-order valence-corrected chi connectivity index (χ3v) is 4.13. The second-order valence-corrected chi connectivity index (χ2v) is 6.49. The van der Waals surface area contributed by atoms with Crippen molar-refractivity contribution in [1.82, 2.24) is 10.2 Å². The van der Waals surface area contributed by atoms with Crippen molar-refractivity contribution in [3.63, 3.8) is 0 Å². The van der Waals surface area contributed by atoms with Gasteiger partial charge >= 0.3 is 0 Å². The topological polar surface area (TPSA) is 37.8 Å². The molecule has 0 saturated heterocycles. The lowest BCUT2D eigenvalue weighted by molar-refractivity contribution is 0.578. The van der Waals surface area contributed by atoms with E-state index in [0.29, 0.717) is 6.54 Å². The minimum Gasteiger partial charge on any atom is -0.356 e. The first-order valence-corrected chi connectivity index (χ1v) is 6.97. The summed E-state index contributed by atoms with van der Waals surface area (Å²) in [4.78, 5) is 0. The molecule has 1 aromatic heterocycles. The van der Waals surface area contributed by atoms with E-state index < -0.39 is 0 Å². The normalized spacial score (nSPS) is 11.6. The molecule has 0 fully saturated rings. The molecule has 96 valence electrons. The van der Waals surface area contributed by atoms with Crippen molar-refractivity contribution < 1.29 is 0 Å². The molecule has 2 rings (SSSR count). The molecule has 0 saturated carbocycles. The lowest BCUT2D eigenvalue weighted by Gasteiger charge is -2.12. The third kappa shape index (κ3) is 3.21. The summed E-state index contributed by atoms with van der Waals surface area (Å²) in [6.07, 6.45) is 0. The van der Waals surface area contributed by atoms with Gasteiger partial charge in [-0.25, -0.2) is 0 Å². The van der Waals surface area contributed by atoms with Crippen molar-refractivity contribution in [2.45, 2.75) is 32.7 Å². The molecule has 2 aromatic rings. The predicted octanol–water partition coefficient (Wildman–Crippen LogP) is 4.10. The van der Waals surface area contributed by atoms with Crippen LogP contribution in [0.2, 0.25) is 5.02 Å². The number of rotatable bonds is 3. The molecule has 18 heavy (non-hydrogen) atoms. The quantitative estimate of drug-likeness (QED) is 0.920. The van der Waals surface area contributed by atoms with Crippen LogP contribution in [0.4, 0.5) is 5.13 Å². The van der Waals surface area contributed by atoms with Gasteiger partial charge in [0, 0.05) is 17.0 Å². The number of aromatic nitrogens is 2. The van der Waals surface area contributed by atoms with Gasteiger partial charge in [-0.2, -0.15) is 0 Å². The summed E-state index contributed by atoms with van der Waals surface area (Å²) in [6.45, 7) is 7.06. The second-order valence-electron chi connectivity index (χ2n) is 5.11. The van der Waals surface area contributed by atoms with Gasteiger partial charge in [-0.15, -0.1) is 10.2 Å². The van der Waals surface area contributed by atoms with Gasteiger partial charge in [0.15, 0.2) is 0 Å². The van der Waals surface area contributed by atoms with Crippen molar-refractivity contribution in [2.75, 3.05) is 5.32 Å². The minimum absolute atomic E-state index is 0.0436. The van der Waals surface area contributed by atoms with E-state index in [0.717, 1.165) is 20.7 Å². The van der Waals surface area contributed by atoms with E-state index in [2.05, 4.69) is 36.3 Å². The Labute approximate surface area is 116 Å². The summed E-state index contributed by atoms with van der Waals surface area (Å²) in [5.41, 5.74) is 1.11. The highest BCUT2D eigenvalue weighted by atomic mass is 35.5. The molecule has 5 heteroatoms. The first kappa shape index (κ1) is 13.3. The van der Waals surface area contributed by atoms with Gasteiger partial charge in [0.2, 0.25) is 5.13 Å². The summed E-state index contributed by atoms with van der Waals surface area (Å²) >= 11 is 7.68. The van der Waals surface area contributed by atoms with Crippen LogP contribution in [0.3, 0.4) is 0 Å². The molecule has 1 heterocycles. The number of nitrogens with one attached hydrogen (secondary N) is 1. The molecule has 1 aromatic carbocycles. The standard InChI is InChI=1S/C13H16ClN3S/c1-13(2,3)11-16-17-12(18-11)15-8-9-6-4-5-7-10(9)14/h4-7H,8H2,1-3H3,(H,15,17). The molecular formula is C13H16ClN3S. The van der Waals surface area contributed by atoms with Crippen LogP contribution in [0.15, 0.2) is 24.3 Å². The Kier molecular flexibility index (Phi) is 3.88. The lowest BCUT2D eigenvalue weighted by Crippen LogP contribution is -2.10. The van der Waals surface area contributed by atoms with Crippen molar-refractivity contribution in [2.24, 2.45) is 0 Å². The van der Waals surface area contributed by atoms with Crippen LogP contribution in [0, 0.1) is 0 Å². The number of hydrogen-bond acceptors (Lipinski definition) is 4. The maximum atomic E-state index is 6.10. The van der Waals surface area contributed by atoms with Crippen molar-refractivity contribution in [3.05, 3.63) is 39.9 Å². The molecule has 0 radical (unpaired) electrons. The third-order valence-electron chi connectivity index (χ3n) is 2.45. The number of hydrogen-bond donors (Lipinski definition) is 1. The van der Waals surface area contributed by atoms with Gasteiger partial charge in [-0.3, -0.25) is 0 Å². The van der Waals surface area contributed by atoms with Crippen LogP contribution in [-0.2, 0) is 12.0 Å². The Morgan fingerprint density at radius 2 is 1.94 bits per heavy atom. The molecule has 0 aliphatic carbocycles. The SMILES string of the molecule is CC(C)(C)c1nnc(NCc2ccccc2Cl)s1. The first-order valence-electron chi connectivity index (χ1n) is 5.78. The monoisotopic (exact) mass is 281 g/mol. The molecule has 0 unspecified atom stereocenters. The Morgan fingerprint density at radius 3 is 2.56 bits per heavy atom. The molecule has 0 spiro atoms. The van der Waals surface area contributed by atoms with Gasteiger partial charge in [0.25, 0.3) is 0 Å². The zero-order chi connectivity index (χ0) is 13.2. The van der Waals surface area contributed by atoms with Crippen molar-refractivity contribution >= 4 is 28.1 Å². The fourth-order valence-corrected chi connectivity index (χ4v) is 2.41. The van der Waals surface area contributed by atoms with Gasteiger partial charge in [-0.1, -0.05) is 61.9 Å². The minimum atomic E-state index is 0.0436. The zero-order valence-electron chi connectivity index (χ0n) is 10.7. The van der Waals surface area contributed by atoms with E-state index in [4.69, 9.17) is 11.6 Å². The molecule has 3 nitrogen and oxygen atoms in total. The summed E-state index contributed by atoms with van der Waals surface area (Å²) in [7, 11) is 0. The largest absolute Gasteiger partial charge is 0.356 e.